The number of benzene rings is 3. The van der Waals surface area contributed by atoms with Crippen LogP contribution >= 0.6 is 0 Å². The predicted octanol–water partition coefficient (Wildman–Crippen LogP) is 3.67. The van der Waals surface area contributed by atoms with E-state index in [1.54, 1.807) is 12.1 Å². The highest BCUT2D eigenvalue weighted by molar-refractivity contribution is 5.96. The van der Waals surface area contributed by atoms with Crippen LogP contribution in [0.15, 0.2) is 84.0 Å². The Morgan fingerprint density at radius 2 is 1.66 bits per heavy atom. The Balaban J connectivity index is 1.48. The molecular weight excluding hydrogens is 366 g/mol. The second kappa shape index (κ2) is 9.85. The second-order valence-electron chi connectivity index (χ2n) is 6.33. The number of hydrogen-bond donors (Lipinski definition) is 2. The first-order valence-electron chi connectivity index (χ1n) is 9.10. The van der Waals surface area contributed by atoms with Crippen molar-refractivity contribution in [3.63, 3.8) is 0 Å². The van der Waals surface area contributed by atoms with Crippen LogP contribution in [0.2, 0.25) is 0 Å². The third kappa shape index (κ3) is 6.32. The molecule has 0 aromatic heterocycles. The molecule has 0 spiro atoms. The number of carbonyl (C=O) groups is 2. The van der Waals surface area contributed by atoms with Crippen LogP contribution in [0, 0.1) is 6.92 Å². The van der Waals surface area contributed by atoms with Gasteiger partial charge in [-0.2, -0.15) is 5.10 Å². The van der Waals surface area contributed by atoms with E-state index in [2.05, 4.69) is 15.8 Å². The quantitative estimate of drug-likeness (QED) is 0.480. The third-order valence-electron chi connectivity index (χ3n) is 3.96. The smallest absolute Gasteiger partial charge is 0.259 e. The van der Waals surface area contributed by atoms with Gasteiger partial charge in [0.2, 0.25) is 0 Å². The normalized spacial score (nSPS) is 10.5. The van der Waals surface area contributed by atoms with Gasteiger partial charge in [0.05, 0.1) is 12.8 Å². The van der Waals surface area contributed by atoms with Gasteiger partial charge in [-0.25, -0.2) is 5.43 Å². The fraction of sp³-hybridized carbons (Fsp3) is 0.0870. The Hall–Kier alpha value is -3.93. The van der Waals surface area contributed by atoms with E-state index in [4.69, 9.17) is 4.74 Å². The van der Waals surface area contributed by atoms with Gasteiger partial charge in [-0.3, -0.25) is 9.59 Å². The summed E-state index contributed by atoms with van der Waals surface area (Å²) in [6, 6.07) is 23.9. The maximum Gasteiger partial charge on any atom is 0.259 e. The summed E-state index contributed by atoms with van der Waals surface area (Å²) in [4.78, 5) is 23.9. The molecular formula is C23H21N3O3. The van der Waals surface area contributed by atoms with Crippen LogP contribution in [0.1, 0.15) is 21.5 Å². The maximum atomic E-state index is 12.0. The second-order valence-corrected chi connectivity index (χ2v) is 6.33. The van der Waals surface area contributed by atoms with E-state index in [1.165, 1.54) is 6.21 Å². The van der Waals surface area contributed by atoms with Gasteiger partial charge >= 0.3 is 0 Å². The van der Waals surface area contributed by atoms with Crippen molar-refractivity contribution >= 4 is 18.0 Å². The highest BCUT2D eigenvalue weighted by atomic mass is 16.5. The lowest BCUT2D eigenvalue weighted by Crippen LogP contribution is -2.34. The summed E-state index contributed by atoms with van der Waals surface area (Å²) in [7, 11) is 0. The van der Waals surface area contributed by atoms with Gasteiger partial charge in [-0.15, -0.1) is 0 Å². The average Bonchev–Trinajstić information content (AvgIpc) is 2.73. The summed E-state index contributed by atoms with van der Waals surface area (Å²) < 4.78 is 5.76. The van der Waals surface area contributed by atoms with Crippen molar-refractivity contribution in [2.45, 2.75) is 6.92 Å². The molecule has 0 atom stereocenters. The highest BCUT2D eigenvalue weighted by Gasteiger charge is 2.07. The molecule has 6 nitrogen and oxygen atoms in total. The van der Waals surface area contributed by atoms with Crippen LogP contribution in [0.4, 0.5) is 0 Å². The monoisotopic (exact) mass is 387 g/mol. The molecule has 0 radical (unpaired) electrons. The first-order valence-corrected chi connectivity index (χ1v) is 9.10. The first-order chi connectivity index (χ1) is 14.1. The average molecular weight is 387 g/mol. The van der Waals surface area contributed by atoms with E-state index in [-0.39, 0.29) is 12.5 Å². The summed E-state index contributed by atoms with van der Waals surface area (Å²) in [6.07, 6.45) is 1.51. The molecule has 0 saturated carbocycles. The Morgan fingerprint density at radius 3 is 2.41 bits per heavy atom. The number of nitrogens with one attached hydrogen (secondary N) is 2. The van der Waals surface area contributed by atoms with Crippen LogP contribution in [-0.2, 0) is 4.79 Å². The SMILES string of the molecule is Cc1ccc(C(=O)NCC(=O)N/N=C/c2cccc(Oc3ccccc3)c2)cc1. The number of rotatable bonds is 7. The molecule has 29 heavy (non-hydrogen) atoms. The molecule has 146 valence electrons. The summed E-state index contributed by atoms with van der Waals surface area (Å²) in [5.41, 5.74) is 4.72. The van der Waals surface area contributed by atoms with Crippen LogP contribution in [0.5, 0.6) is 11.5 Å². The number of ether oxygens (including phenoxy) is 1. The van der Waals surface area contributed by atoms with Crippen molar-refractivity contribution in [3.05, 3.63) is 95.6 Å². The molecule has 0 bridgehead atoms. The van der Waals surface area contributed by atoms with Crippen molar-refractivity contribution in [2.75, 3.05) is 6.54 Å². The molecule has 0 saturated heterocycles. The first kappa shape index (κ1) is 19.8. The summed E-state index contributed by atoms with van der Waals surface area (Å²) >= 11 is 0. The van der Waals surface area contributed by atoms with E-state index in [0.29, 0.717) is 11.3 Å². The number of hydrogen-bond acceptors (Lipinski definition) is 4. The Labute approximate surface area is 169 Å². The van der Waals surface area contributed by atoms with Crippen LogP contribution in [0.3, 0.4) is 0 Å². The maximum absolute atomic E-state index is 12.0. The molecule has 3 rings (SSSR count). The van der Waals surface area contributed by atoms with Crippen molar-refractivity contribution in [1.29, 1.82) is 0 Å². The summed E-state index contributed by atoms with van der Waals surface area (Å²) in [5, 5.41) is 6.48. The van der Waals surface area contributed by atoms with Crippen molar-refractivity contribution in [3.8, 4) is 11.5 Å². The zero-order chi connectivity index (χ0) is 20.5. The van der Waals surface area contributed by atoms with Gasteiger partial charge in [0.15, 0.2) is 0 Å². The summed E-state index contributed by atoms with van der Waals surface area (Å²) in [5.74, 6) is 0.671. The fourth-order valence-corrected chi connectivity index (χ4v) is 2.47. The Morgan fingerprint density at radius 1 is 0.931 bits per heavy atom. The molecule has 3 aromatic carbocycles. The molecule has 0 aliphatic rings. The summed E-state index contributed by atoms with van der Waals surface area (Å²) in [6.45, 7) is 1.78. The highest BCUT2D eigenvalue weighted by Crippen LogP contribution is 2.21. The van der Waals surface area contributed by atoms with Crippen molar-refractivity contribution in [1.82, 2.24) is 10.7 Å². The molecule has 0 aliphatic heterocycles. The molecule has 2 amide bonds. The topological polar surface area (TPSA) is 79.8 Å². The number of amides is 2. The fourth-order valence-electron chi connectivity index (χ4n) is 2.47. The lowest BCUT2D eigenvalue weighted by molar-refractivity contribution is -0.120. The van der Waals surface area contributed by atoms with Gasteiger partial charge in [0.1, 0.15) is 11.5 Å². The number of hydrazone groups is 1. The number of aryl methyl sites for hydroxylation is 1. The van der Waals surface area contributed by atoms with Crippen LogP contribution < -0.4 is 15.5 Å². The predicted molar refractivity (Wildman–Crippen MR) is 112 cm³/mol. The van der Waals surface area contributed by atoms with E-state index in [1.807, 2.05) is 73.7 Å². The van der Waals surface area contributed by atoms with Crippen molar-refractivity contribution < 1.29 is 14.3 Å². The Kier molecular flexibility index (Phi) is 6.73. The standard InChI is InChI=1S/C23H21N3O3/c1-17-10-12-19(13-11-17)23(28)24-16-22(27)26-25-15-18-6-5-9-21(14-18)29-20-7-3-2-4-8-20/h2-15H,16H2,1H3,(H,24,28)(H,26,27)/b25-15+. The van der Waals surface area contributed by atoms with Gasteiger partial charge in [-0.05, 0) is 48.9 Å². The largest absolute Gasteiger partial charge is 0.457 e. The molecule has 0 unspecified atom stereocenters. The molecule has 2 N–H and O–H groups in total. The number of para-hydroxylation sites is 1. The molecule has 0 fully saturated rings. The molecule has 0 aliphatic carbocycles. The van der Waals surface area contributed by atoms with E-state index in [9.17, 15) is 9.59 Å². The number of nitrogens with zero attached hydrogens (tertiary/aromatic N) is 1. The van der Waals surface area contributed by atoms with Gasteiger partial charge in [0, 0.05) is 5.56 Å². The zero-order valence-electron chi connectivity index (χ0n) is 16.0. The van der Waals surface area contributed by atoms with E-state index >= 15 is 0 Å². The lowest BCUT2D eigenvalue weighted by atomic mass is 10.1. The third-order valence-corrected chi connectivity index (χ3v) is 3.96. The minimum atomic E-state index is -0.418. The van der Waals surface area contributed by atoms with E-state index in [0.717, 1.165) is 16.9 Å². The van der Waals surface area contributed by atoms with Crippen molar-refractivity contribution in [2.24, 2.45) is 5.10 Å². The molecule has 0 heterocycles. The van der Waals surface area contributed by atoms with Crippen LogP contribution in [0.25, 0.3) is 0 Å². The molecule has 6 heteroatoms. The lowest BCUT2D eigenvalue weighted by Gasteiger charge is -2.06. The zero-order valence-corrected chi connectivity index (χ0v) is 16.0. The van der Waals surface area contributed by atoms with E-state index < -0.39 is 5.91 Å². The Bertz CT molecular complexity index is 999. The van der Waals surface area contributed by atoms with Gasteiger partial charge in [-0.1, -0.05) is 48.0 Å². The molecule has 3 aromatic rings. The minimum absolute atomic E-state index is 0.165. The number of carbonyl (C=O) groups excluding carboxylic acids is 2. The minimum Gasteiger partial charge on any atom is -0.457 e. The van der Waals surface area contributed by atoms with Crippen LogP contribution in [-0.4, -0.2) is 24.6 Å². The van der Waals surface area contributed by atoms with Gasteiger partial charge in [0.25, 0.3) is 11.8 Å². The van der Waals surface area contributed by atoms with Gasteiger partial charge < -0.3 is 10.1 Å².